The van der Waals surface area contributed by atoms with E-state index in [-0.39, 0.29) is 0 Å². The van der Waals surface area contributed by atoms with Crippen molar-refractivity contribution in [1.82, 2.24) is 0 Å². The first-order valence-electron chi connectivity index (χ1n) is 13.8. The van der Waals surface area contributed by atoms with E-state index < -0.39 is 16.1 Å². The third-order valence-corrected chi connectivity index (χ3v) is 10.1. The van der Waals surface area contributed by atoms with Crippen LogP contribution in [0.15, 0.2) is 36.5 Å². The summed E-state index contributed by atoms with van der Waals surface area (Å²) in [5, 5.41) is 0. The van der Waals surface area contributed by atoms with Gasteiger partial charge in [-0.05, 0) is 36.5 Å². The van der Waals surface area contributed by atoms with Crippen LogP contribution in [0.5, 0.6) is 0 Å². The molecular formula is C30H60Si2. The molecule has 0 aromatic rings. The SMILES string of the molecule is CC(C)CCCCCCCC(/C=C/C=C/C=C/CC(C)C[Si](C)(C)C)C(C)C[Si](C)(C)C. The number of allylic oxidation sites excluding steroid dienone is 6. The third-order valence-electron chi connectivity index (χ3n) is 6.31. The van der Waals surface area contributed by atoms with Crippen LogP contribution in [0.3, 0.4) is 0 Å². The maximum atomic E-state index is 2.52. The van der Waals surface area contributed by atoms with Crippen molar-refractivity contribution in [3.63, 3.8) is 0 Å². The fraction of sp³-hybridized carbons (Fsp3) is 0.800. The zero-order valence-electron chi connectivity index (χ0n) is 23.8. The van der Waals surface area contributed by atoms with Crippen molar-refractivity contribution in [3.8, 4) is 0 Å². The minimum absolute atomic E-state index is 0.739. The second-order valence-corrected chi connectivity index (χ2v) is 24.5. The Morgan fingerprint density at radius 1 is 0.594 bits per heavy atom. The highest BCUT2D eigenvalue weighted by Gasteiger charge is 2.22. The Balaban J connectivity index is 4.53. The zero-order chi connectivity index (χ0) is 24.6. The maximum Gasteiger partial charge on any atom is 0.0445 e. The molecule has 0 saturated heterocycles. The second-order valence-electron chi connectivity index (χ2n) is 13.4. The number of hydrogen-bond acceptors (Lipinski definition) is 0. The van der Waals surface area contributed by atoms with Crippen LogP contribution in [0.4, 0.5) is 0 Å². The Kier molecular flexibility index (Phi) is 17.0. The van der Waals surface area contributed by atoms with Crippen LogP contribution in [0, 0.1) is 23.7 Å². The van der Waals surface area contributed by atoms with Crippen LogP contribution in [0.2, 0.25) is 51.4 Å². The zero-order valence-corrected chi connectivity index (χ0v) is 25.8. The predicted octanol–water partition coefficient (Wildman–Crippen LogP) is 11.0. The lowest BCUT2D eigenvalue weighted by molar-refractivity contribution is 0.408. The molecule has 0 nitrogen and oxygen atoms in total. The lowest BCUT2D eigenvalue weighted by Gasteiger charge is -2.27. The first-order valence-corrected chi connectivity index (χ1v) is 21.2. The molecule has 0 heterocycles. The molecule has 0 spiro atoms. The van der Waals surface area contributed by atoms with Gasteiger partial charge in [-0.25, -0.2) is 0 Å². The van der Waals surface area contributed by atoms with Crippen molar-refractivity contribution in [1.29, 1.82) is 0 Å². The molecule has 0 fully saturated rings. The van der Waals surface area contributed by atoms with E-state index in [1.165, 1.54) is 63.5 Å². The molecule has 0 aliphatic rings. The van der Waals surface area contributed by atoms with Gasteiger partial charge in [0.2, 0.25) is 0 Å². The van der Waals surface area contributed by atoms with Crippen LogP contribution < -0.4 is 0 Å². The van der Waals surface area contributed by atoms with Gasteiger partial charge in [-0.2, -0.15) is 0 Å². The second kappa shape index (κ2) is 17.1. The standard InChI is InChI=1S/C30H60Si2/c1-27(2)21-17-13-11-15-19-23-30(29(4)26-32(8,9)10)24-20-16-12-14-18-22-28(3)25-31(5,6)7/h12,14,16,18,20,24,27-30H,11,13,15,17,19,21-23,25-26H2,1-10H3/b16-12+,18-14+,24-20+. The normalized spacial score (nSPS) is 16.6. The van der Waals surface area contributed by atoms with Crippen molar-refractivity contribution in [2.24, 2.45) is 23.7 Å². The first kappa shape index (κ1) is 31.7. The summed E-state index contributed by atoms with van der Waals surface area (Å²) in [5.41, 5.74) is 0. The van der Waals surface area contributed by atoms with E-state index in [1.54, 1.807) is 0 Å². The minimum Gasteiger partial charge on any atom is -0.0843 e. The summed E-state index contributed by atoms with van der Waals surface area (Å²) in [6.07, 6.45) is 25.0. The molecule has 0 N–H and O–H groups in total. The van der Waals surface area contributed by atoms with E-state index in [2.05, 4.69) is 103 Å². The third kappa shape index (κ3) is 21.5. The average Bonchev–Trinajstić information content (AvgIpc) is 2.61. The molecule has 0 rings (SSSR count). The summed E-state index contributed by atoms with van der Waals surface area (Å²) in [7, 11) is -1.94. The van der Waals surface area contributed by atoms with Crippen LogP contribution in [-0.4, -0.2) is 16.1 Å². The Labute approximate surface area is 206 Å². The summed E-state index contributed by atoms with van der Waals surface area (Å²) in [5.74, 6) is 3.23. The Bertz CT molecular complexity index is 528. The summed E-state index contributed by atoms with van der Waals surface area (Å²) in [4.78, 5) is 0. The number of rotatable bonds is 18. The monoisotopic (exact) mass is 476 g/mol. The van der Waals surface area contributed by atoms with E-state index in [0.717, 1.165) is 23.7 Å². The average molecular weight is 477 g/mol. The topological polar surface area (TPSA) is 0 Å². The molecule has 0 aliphatic carbocycles. The molecule has 0 aromatic heterocycles. The fourth-order valence-corrected chi connectivity index (χ4v) is 9.50. The van der Waals surface area contributed by atoms with Gasteiger partial charge in [-0.15, -0.1) is 0 Å². The number of hydrogen-bond donors (Lipinski definition) is 0. The molecule has 0 radical (unpaired) electrons. The lowest BCUT2D eigenvalue weighted by Crippen LogP contribution is -2.25. The highest BCUT2D eigenvalue weighted by Crippen LogP contribution is 2.29. The Hall–Kier alpha value is -0.346. The highest BCUT2D eigenvalue weighted by molar-refractivity contribution is 6.76. The van der Waals surface area contributed by atoms with Crippen molar-refractivity contribution >= 4 is 16.1 Å². The van der Waals surface area contributed by atoms with Gasteiger partial charge in [-0.1, -0.05) is 154 Å². The van der Waals surface area contributed by atoms with E-state index in [1.807, 2.05) is 0 Å². The van der Waals surface area contributed by atoms with Gasteiger partial charge < -0.3 is 0 Å². The summed E-state index contributed by atoms with van der Waals surface area (Å²) >= 11 is 0. The van der Waals surface area contributed by atoms with E-state index in [4.69, 9.17) is 0 Å². The summed E-state index contributed by atoms with van der Waals surface area (Å²) in [6.45, 7) is 24.6. The first-order chi connectivity index (χ1) is 14.8. The largest absolute Gasteiger partial charge is 0.0843 e. The lowest BCUT2D eigenvalue weighted by atomic mass is 9.89. The molecule has 0 bridgehead atoms. The van der Waals surface area contributed by atoms with Crippen molar-refractivity contribution < 1.29 is 0 Å². The van der Waals surface area contributed by atoms with E-state index >= 15 is 0 Å². The molecule has 3 atom stereocenters. The molecule has 3 unspecified atom stereocenters. The molecule has 2 heteroatoms. The minimum atomic E-state index is -1.01. The Morgan fingerprint density at radius 3 is 1.69 bits per heavy atom. The smallest absolute Gasteiger partial charge is 0.0445 e. The molecule has 0 aromatic carbocycles. The van der Waals surface area contributed by atoms with E-state index in [0.29, 0.717) is 0 Å². The highest BCUT2D eigenvalue weighted by atomic mass is 28.3. The van der Waals surface area contributed by atoms with Gasteiger partial charge in [0.25, 0.3) is 0 Å². The van der Waals surface area contributed by atoms with Gasteiger partial charge in [-0.3, -0.25) is 0 Å². The molecular weight excluding hydrogens is 417 g/mol. The van der Waals surface area contributed by atoms with Crippen molar-refractivity contribution in [2.75, 3.05) is 0 Å². The molecule has 188 valence electrons. The Morgan fingerprint density at radius 2 is 1.12 bits per heavy atom. The van der Waals surface area contributed by atoms with Gasteiger partial charge in [0.1, 0.15) is 0 Å². The molecule has 0 saturated carbocycles. The van der Waals surface area contributed by atoms with Gasteiger partial charge in [0, 0.05) is 16.1 Å². The fourth-order valence-electron chi connectivity index (χ4n) is 5.00. The van der Waals surface area contributed by atoms with Gasteiger partial charge in [0.15, 0.2) is 0 Å². The maximum absolute atomic E-state index is 2.52. The van der Waals surface area contributed by atoms with Crippen LogP contribution in [0.25, 0.3) is 0 Å². The van der Waals surface area contributed by atoms with Crippen LogP contribution in [0.1, 0.15) is 79.1 Å². The molecule has 32 heavy (non-hydrogen) atoms. The van der Waals surface area contributed by atoms with E-state index in [9.17, 15) is 0 Å². The van der Waals surface area contributed by atoms with Crippen molar-refractivity contribution in [3.05, 3.63) is 36.5 Å². The van der Waals surface area contributed by atoms with Crippen molar-refractivity contribution in [2.45, 2.75) is 130 Å². The van der Waals surface area contributed by atoms with Crippen LogP contribution in [-0.2, 0) is 0 Å². The number of unbranched alkanes of at least 4 members (excludes halogenated alkanes) is 4. The predicted molar refractivity (Wildman–Crippen MR) is 157 cm³/mol. The quantitative estimate of drug-likeness (QED) is 0.105. The van der Waals surface area contributed by atoms with Gasteiger partial charge in [0.05, 0.1) is 0 Å². The van der Waals surface area contributed by atoms with Crippen LogP contribution >= 0.6 is 0 Å². The summed E-state index contributed by atoms with van der Waals surface area (Å²) in [6, 6.07) is 2.87. The van der Waals surface area contributed by atoms with Gasteiger partial charge >= 0.3 is 0 Å². The molecule has 0 aliphatic heterocycles. The molecule has 0 amide bonds. The summed E-state index contributed by atoms with van der Waals surface area (Å²) < 4.78 is 0.